The zero-order chi connectivity index (χ0) is 25.1. The van der Waals surface area contributed by atoms with E-state index in [2.05, 4.69) is 25.7 Å². The Hall–Kier alpha value is -4.46. The monoisotopic (exact) mass is 484 g/mol. The number of nitrogens with zero attached hydrogens (tertiary/aromatic N) is 4. The predicted molar refractivity (Wildman–Crippen MR) is 113 cm³/mol. The molecule has 2 aromatic rings. The zero-order valence-corrected chi connectivity index (χ0v) is 18.5. The van der Waals surface area contributed by atoms with Gasteiger partial charge in [0.25, 0.3) is 11.8 Å². The summed E-state index contributed by atoms with van der Waals surface area (Å²) in [5.74, 6) is -3.70. The molecule has 4 rings (SSSR count). The molecule has 1 fully saturated rings. The molecule has 1 atom stereocenters. The zero-order valence-electron chi connectivity index (χ0n) is 18.5. The fourth-order valence-corrected chi connectivity index (χ4v) is 3.74. The number of ether oxygens (including phenoxy) is 2. The number of imide groups is 2. The van der Waals surface area contributed by atoms with E-state index in [1.54, 1.807) is 0 Å². The van der Waals surface area contributed by atoms with E-state index in [9.17, 15) is 28.8 Å². The first-order valence-electron chi connectivity index (χ1n) is 10.5. The highest BCUT2D eigenvalue weighted by molar-refractivity contribution is 6.26. The Morgan fingerprint density at radius 3 is 2.74 bits per heavy atom. The molecule has 2 aliphatic heterocycles. The molecule has 14 heteroatoms. The molecular weight excluding hydrogens is 464 g/mol. The Bertz CT molecular complexity index is 1240. The van der Waals surface area contributed by atoms with Crippen LogP contribution in [0.5, 0.6) is 0 Å². The second kappa shape index (κ2) is 9.80. The van der Waals surface area contributed by atoms with E-state index in [1.165, 1.54) is 36.2 Å². The molecule has 5 amide bonds. The molecule has 2 N–H and O–H groups in total. The van der Waals surface area contributed by atoms with Crippen LogP contribution < -0.4 is 10.6 Å². The largest absolute Gasteiger partial charge is 0.467 e. The van der Waals surface area contributed by atoms with Crippen LogP contribution in [0.1, 0.15) is 39.3 Å². The molecule has 2 aliphatic rings. The topological polar surface area (TPSA) is 179 Å². The Labute approximate surface area is 197 Å². The minimum absolute atomic E-state index is 0.00102. The van der Waals surface area contributed by atoms with Crippen molar-refractivity contribution in [3.63, 3.8) is 0 Å². The lowest BCUT2D eigenvalue weighted by Gasteiger charge is -2.27. The van der Waals surface area contributed by atoms with Gasteiger partial charge in [-0.05, 0) is 18.6 Å². The maximum absolute atomic E-state index is 13.1. The highest BCUT2D eigenvalue weighted by Gasteiger charge is 2.45. The van der Waals surface area contributed by atoms with E-state index < -0.39 is 41.5 Å². The molecular formula is C21H20N6O8. The number of aromatic nitrogens is 3. The van der Waals surface area contributed by atoms with Gasteiger partial charge in [-0.1, -0.05) is 11.3 Å². The maximum atomic E-state index is 13.1. The van der Waals surface area contributed by atoms with E-state index >= 15 is 0 Å². The summed E-state index contributed by atoms with van der Waals surface area (Å²) in [7, 11) is 1.23. The van der Waals surface area contributed by atoms with Crippen LogP contribution in [0.25, 0.3) is 0 Å². The Kier molecular flexibility index (Phi) is 6.64. The molecule has 1 saturated heterocycles. The third-order valence-corrected chi connectivity index (χ3v) is 5.33. The normalized spacial score (nSPS) is 17.3. The Balaban J connectivity index is 1.43. The molecule has 35 heavy (non-hydrogen) atoms. The van der Waals surface area contributed by atoms with E-state index in [-0.39, 0.29) is 49.4 Å². The van der Waals surface area contributed by atoms with Crippen LogP contribution in [0.3, 0.4) is 0 Å². The van der Waals surface area contributed by atoms with Crippen LogP contribution in [0.15, 0.2) is 24.4 Å². The van der Waals surface area contributed by atoms with Crippen molar-refractivity contribution in [2.45, 2.75) is 32.0 Å². The summed E-state index contributed by atoms with van der Waals surface area (Å²) in [5.41, 5.74) is 0.486. The van der Waals surface area contributed by atoms with Crippen molar-refractivity contribution >= 4 is 41.2 Å². The Morgan fingerprint density at radius 2 is 2.00 bits per heavy atom. The van der Waals surface area contributed by atoms with Crippen LogP contribution in [0, 0.1) is 0 Å². The Morgan fingerprint density at radius 1 is 1.20 bits per heavy atom. The van der Waals surface area contributed by atoms with Gasteiger partial charge in [-0.2, -0.15) is 0 Å². The van der Waals surface area contributed by atoms with Crippen molar-refractivity contribution in [1.29, 1.82) is 0 Å². The summed E-state index contributed by atoms with van der Waals surface area (Å²) in [4.78, 5) is 74.1. The molecule has 1 unspecified atom stereocenters. The number of carbonyl (C=O) groups excluding carboxylic acids is 6. The molecule has 14 nitrogen and oxygen atoms in total. The molecule has 3 heterocycles. The number of benzene rings is 1. The summed E-state index contributed by atoms with van der Waals surface area (Å²) in [5, 5.41) is 12.4. The van der Waals surface area contributed by atoms with Crippen LogP contribution in [0.4, 0.5) is 5.69 Å². The van der Waals surface area contributed by atoms with Gasteiger partial charge in [0.05, 0.1) is 36.7 Å². The van der Waals surface area contributed by atoms with Gasteiger partial charge >= 0.3 is 5.97 Å². The minimum Gasteiger partial charge on any atom is -0.467 e. The molecule has 0 radical (unpaired) electrons. The third kappa shape index (κ3) is 4.91. The van der Waals surface area contributed by atoms with Gasteiger partial charge in [-0.25, -0.2) is 9.48 Å². The van der Waals surface area contributed by atoms with Crippen LogP contribution in [0.2, 0.25) is 0 Å². The molecule has 0 spiro atoms. The van der Waals surface area contributed by atoms with Gasteiger partial charge in [-0.3, -0.25) is 34.2 Å². The van der Waals surface area contributed by atoms with Crippen LogP contribution in [-0.4, -0.2) is 75.2 Å². The summed E-state index contributed by atoms with van der Waals surface area (Å²) >= 11 is 0. The molecule has 0 saturated carbocycles. The highest BCUT2D eigenvalue weighted by Crippen LogP contribution is 2.32. The van der Waals surface area contributed by atoms with Gasteiger partial charge in [-0.15, -0.1) is 5.10 Å². The summed E-state index contributed by atoms with van der Waals surface area (Å²) in [6.45, 7) is -0.534. The van der Waals surface area contributed by atoms with Crippen molar-refractivity contribution in [3.8, 4) is 0 Å². The number of rotatable bonds is 8. The number of hydrogen-bond donors (Lipinski definition) is 2. The fourth-order valence-electron chi connectivity index (χ4n) is 3.74. The van der Waals surface area contributed by atoms with Crippen molar-refractivity contribution in [2.75, 3.05) is 19.0 Å². The fraction of sp³-hybridized carbons (Fsp3) is 0.333. The average molecular weight is 484 g/mol. The third-order valence-electron chi connectivity index (χ3n) is 5.33. The van der Waals surface area contributed by atoms with E-state index in [1.807, 2.05) is 0 Å². The summed E-state index contributed by atoms with van der Waals surface area (Å²) in [6.07, 6.45) is 1.47. The van der Waals surface area contributed by atoms with Gasteiger partial charge in [0.15, 0.2) is 0 Å². The number of methoxy groups -OCH3 is 1. The number of anilines is 1. The smallest absolute Gasteiger partial charge is 0.331 e. The second-order valence-corrected chi connectivity index (χ2v) is 7.70. The van der Waals surface area contributed by atoms with E-state index in [0.29, 0.717) is 5.69 Å². The first-order valence-corrected chi connectivity index (χ1v) is 10.5. The van der Waals surface area contributed by atoms with Gasteiger partial charge < -0.3 is 14.8 Å². The highest BCUT2D eigenvalue weighted by atomic mass is 16.6. The molecule has 1 aromatic heterocycles. The second-order valence-electron chi connectivity index (χ2n) is 7.70. The van der Waals surface area contributed by atoms with Crippen LogP contribution >= 0.6 is 0 Å². The predicted octanol–water partition coefficient (Wildman–Crippen LogP) is -0.992. The molecule has 0 bridgehead atoms. The van der Waals surface area contributed by atoms with Crippen LogP contribution in [-0.2, 0) is 41.8 Å². The number of piperidine rings is 1. The van der Waals surface area contributed by atoms with E-state index in [0.717, 1.165) is 4.90 Å². The maximum Gasteiger partial charge on any atom is 0.331 e. The number of carbonyl (C=O) groups is 6. The van der Waals surface area contributed by atoms with Crippen molar-refractivity contribution in [3.05, 3.63) is 41.2 Å². The molecule has 0 aliphatic carbocycles. The number of amides is 5. The standard InChI is InChI=1S/C21H20N6O8/c1-34-17(30)10-35-9-11-7-26(25-24-11)8-16(29)22-13-4-2-3-12-18(13)21(33)27(20(12)32)14-5-6-15(28)23-19(14)31/h2-4,7,14H,5-6,8-10H2,1H3,(H,22,29)(H,23,28,31). The summed E-state index contributed by atoms with van der Waals surface area (Å²) in [6, 6.07) is 3.27. The van der Waals surface area contributed by atoms with Crippen molar-refractivity contribution in [1.82, 2.24) is 25.2 Å². The quantitative estimate of drug-likeness (QED) is 0.349. The lowest BCUT2D eigenvalue weighted by Crippen LogP contribution is -2.54. The van der Waals surface area contributed by atoms with Gasteiger partial charge in [0, 0.05) is 6.42 Å². The average Bonchev–Trinajstić information content (AvgIpc) is 3.36. The summed E-state index contributed by atoms with van der Waals surface area (Å²) < 4.78 is 10.8. The van der Waals surface area contributed by atoms with Gasteiger partial charge in [0.1, 0.15) is 24.9 Å². The molecule has 182 valence electrons. The first-order chi connectivity index (χ1) is 16.8. The SMILES string of the molecule is COC(=O)COCc1cn(CC(=O)Nc2cccc3c2C(=O)N(C2CCC(=O)NC2=O)C3=O)nn1. The van der Waals surface area contributed by atoms with E-state index in [4.69, 9.17) is 4.74 Å². The van der Waals surface area contributed by atoms with Crippen molar-refractivity contribution < 1.29 is 38.2 Å². The number of esters is 1. The lowest BCUT2D eigenvalue weighted by atomic mass is 10.0. The molecule has 1 aromatic carbocycles. The first kappa shape index (κ1) is 23.7. The number of nitrogens with one attached hydrogen (secondary N) is 2. The lowest BCUT2D eigenvalue weighted by molar-refractivity contribution is -0.146. The minimum atomic E-state index is -1.11. The van der Waals surface area contributed by atoms with Gasteiger partial charge in [0.2, 0.25) is 17.7 Å². The van der Waals surface area contributed by atoms with Crippen molar-refractivity contribution in [2.24, 2.45) is 0 Å². The number of fused-ring (bicyclic) bond motifs is 1. The number of hydrogen-bond acceptors (Lipinski definition) is 10.